The lowest BCUT2D eigenvalue weighted by Gasteiger charge is -2.14. The Kier molecular flexibility index (Phi) is 3.28. The summed E-state index contributed by atoms with van der Waals surface area (Å²) in [5.74, 6) is -4.39. The number of carbonyl (C=O) groups is 2. The predicted molar refractivity (Wildman–Crippen MR) is 62.7 cm³/mol. The smallest absolute Gasteiger partial charge is 0.304 e. The summed E-state index contributed by atoms with van der Waals surface area (Å²) in [6, 6.07) is 2.72. The van der Waals surface area contributed by atoms with E-state index in [1.54, 1.807) is 0 Å². The molecule has 100 valence electrons. The fourth-order valence-electron chi connectivity index (χ4n) is 1.84. The number of halogens is 2. The number of carbonyl (C=O) groups excluding carboxylic acids is 1. The average molecular weight is 268 g/mol. The minimum Gasteiger partial charge on any atom is -0.481 e. The Balaban J connectivity index is 2.33. The van der Waals surface area contributed by atoms with Crippen molar-refractivity contribution in [2.24, 2.45) is 11.0 Å². The standard InChI is InChI=1S/C12H10F2N2O3/c1-6-8(5-11(17)18)12(19)16(15-6)10-3-2-7(13)4-9(10)14/h2-4,8H,5H2,1H3,(H,17,18). The first-order valence-corrected chi connectivity index (χ1v) is 5.46. The lowest BCUT2D eigenvalue weighted by atomic mass is 10.0. The highest BCUT2D eigenvalue weighted by Gasteiger charge is 2.36. The van der Waals surface area contributed by atoms with Crippen LogP contribution in [0.2, 0.25) is 0 Å². The monoisotopic (exact) mass is 268 g/mol. The van der Waals surface area contributed by atoms with Crippen LogP contribution >= 0.6 is 0 Å². The highest BCUT2D eigenvalue weighted by Crippen LogP contribution is 2.28. The molecule has 0 fully saturated rings. The van der Waals surface area contributed by atoms with Gasteiger partial charge in [0.2, 0.25) is 0 Å². The summed E-state index contributed by atoms with van der Waals surface area (Å²) in [5, 5.41) is 13.3. The minimum absolute atomic E-state index is 0.196. The lowest BCUT2D eigenvalue weighted by Crippen LogP contribution is -2.29. The van der Waals surface area contributed by atoms with Crippen LogP contribution in [0.25, 0.3) is 0 Å². The third kappa shape index (κ3) is 2.44. The number of rotatable bonds is 3. The van der Waals surface area contributed by atoms with Gasteiger partial charge in [0, 0.05) is 11.8 Å². The molecule has 19 heavy (non-hydrogen) atoms. The van der Waals surface area contributed by atoms with Gasteiger partial charge in [-0.1, -0.05) is 0 Å². The molecule has 0 bridgehead atoms. The third-order valence-corrected chi connectivity index (χ3v) is 2.79. The van der Waals surface area contributed by atoms with Crippen LogP contribution in [-0.2, 0) is 9.59 Å². The van der Waals surface area contributed by atoms with Gasteiger partial charge in [-0.05, 0) is 19.1 Å². The van der Waals surface area contributed by atoms with Gasteiger partial charge in [0.25, 0.3) is 5.91 Å². The zero-order chi connectivity index (χ0) is 14.2. The number of carboxylic acid groups (broad SMARTS) is 1. The first-order valence-electron chi connectivity index (χ1n) is 5.46. The maximum atomic E-state index is 13.6. The van der Waals surface area contributed by atoms with Crippen LogP contribution in [0, 0.1) is 17.6 Å². The van der Waals surface area contributed by atoms with E-state index >= 15 is 0 Å². The van der Waals surface area contributed by atoms with Gasteiger partial charge in [-0.15, -0.1) is 0 Å². The predicted octanol–water partition coefficient (Wildman–Crippen LogP) is 1.78. The van der Waals surface area contributed by atoms with E-state index < -0.39 is 35.8 Å². The van der Waals surface area contributed by atoms with E-state index in [1.807, 2.05) is 0 Å². The maximum Gasteiger partial charge on any atom is 0.304 e. The second-order valence-electron chi connectivity index (χ2n) is 4.14. The number of carboxylic acids is 1. The summed E-state index contributed by atoms with van der Waals surface area (Å²) < 4.78 is 26.4. The molecule has 0 aromatic heterocycles. The van der Waals surface area contributed by atoms with Gasteiger partial charge in [-0.25, -0.2) is 8.78 Å². The van der Waals surface area contributed by atoms with Gasteiger partial charge < -0.3 is 5.11 Å². The fourth-order valence-corrected chi connectivity index (χ4v) is 1.84. The van der Waals surface area contributed by atoms with Gasteiger partial charge in [0.1, 0.15) is 11.5 Å². The Morgan fingerprint density at radius 2 is 2.16 bits per heavy atom. The van der Waals surface area contributed by atoms with Crippen LogP contribution in [0.5, 0.6) is 0 Å². The van der Waals surface area contributed by atoms with E-state index in [0.29, 0.717) is 6.07 Å². The highest BCUT2D eigenvalue weighted by atomic mass is 19.1. The summed E-state index contributed by atoms with van der Waals surface area (Å²) in [7, 11) is 0. The Hall–Kier alpha value is -2.31. The van der Waals surface area contributed by atoms with Gasteiger partial charge in [0.05, 0.1) is 12.3 Å². The molecule has 0 saturated carbocycles. The molecule has 1 aliphatic rings. The van der Waals surface area contributed by atoms with Crippen molar-refractivity contribution in [1.82, 2.24) is 0 Å². The Morgan fingerprint density at radius 1 is 1.47 bits per heavy atom. The number of aliphatic carboxylic acids is 1. The third-order valence-electron chi connectivity index (χ3n) is 2.79. The molecule has 7 heteroatoms. The van der Waals surface area contributed by atoms with Gasteiger partial charge >= 0.3 is 5.97 Å². The largest absolute Gasteiger partial charge is 0.481 e. The molecular formula is C12H10F2N2O3. The van der Waals surface area contributed by atoms with Crippen LogP contribution in [0.3, 0.4) is 0 Å². The molecule has 0 aliphatic carbocycles. The number of hydrogen-bond acceptors (Lipinski definition) is 3. The normalized spacial score (nSPS) is 18.7. The van der Waals surface area contributed by atoms with Crippen molar-refractivity contribution in [3.05, 3.63) is 29.8 Å². The number of hydrazone groups is 1. The summed E-state index contributed by atoms with van der Waals surface area (Å²) in [5.41, 5.74) is 0.0924. The Labute approximate surface area is 107 Å². The van der Waals surface area contributed by atoms with E-state index in [4.69, 9.17) is 5.11 Å². The molecule has 1 aliphatic heterocycles. The van der Waals surface area contributed by atoms with Crippen molar-refractivity contribution in [2.75, 3.05) is 5.01 Å². The van der Waals surface area contributed by atoms with Crippen LogP contribution in [0.4, 0.5) is 14.5 Å². The summed E-state index contributed by atoms with van der Waals surface area (Å²) in [6.07, 6.45) is -0.409. The van der Waals surface area contributed by atoms with Crippen LogP contribution in [0.15, 0.2) is 23.3 Å². The van der Waals surface area contributed by atoms with Crippen molar-refractivity contribution >= 4 is 23.3 Å². The first-order chi connectivity index (χ1) is 8.90. The highest BCUT2D eigenvalue weighted by molar-refractivity contribution is 6.16. The number of benzene rings is 1. The van der Waals surface area contributed by atoms with Gasteiger partial charge in [0.15, 0.2) is 5.82 Å². The number of nitrogens with zero attached hydrogens (tertiary/aromatic N) is 2. The van der Waals surface area contributed by atoms with E-state index in [0.717, 1.165) is 17.1 Å². The maximum absolute atomic E-state index is 13.6. The minimum atomic E-state index is -1.14. The SMILES string of the molecule is CC1=NN(c2ccc(F)cc2F)C(=O)C1CC(=O)O. The van der Waals surface area contributed by atoms with Crippen molar-refractivity contribution < 1.29 is 23.5 Å². The molecule has 0 spiro atoms. The summed E-state index contributed by atoms with van der Waals surface area (Å²) >= 11 is 0. The van der Waals surface area contributed by atoms with Crippen molar-refractivity contribution in [2.45, 2.75) is 13.3 Å². The number of amides is 1. The molecule has 1 N–H and O–H groups in total. The molecule has 1 amide bonds. The zero-order valence-corrected chi connectivity index (χ0v) is 9.93. The Bertz CT molecular complexity index is 586. The quantitative estimate of drug-likeness (QED) is 0.908. The molecule has 5 nitrogen and oxygen atoms in total. The molecule has 1 aromatic rings. The molecule has 0 saturated heterocycles. The van der Waals surface area contributed by atoms with Gasteiger partial charge in [-0.3, -0.25) is 9.59 Å². The molecule has 1 aromatic carbocycles. The van der Waals surface area contributed by atoms with Gasteiger partial charge in [-0.2, -0.15) is 10.1 Å². The van der Waals surface area contributed by atoms with E-state index in [1.165, 1.54) is 6.92 Å². The van der Waals surface area contributed by atoms with Crippen molar-refractivity contribution in [1.29, 1.82) is 0 Å². The van der Waals surface area contributed by atoms with Crippen molar-refractivity contribution in [3.8, 4) is 0 Å². The van der Waals surface area contributed by atoms with Crippen molar-refractivity contribution in [3.63, 3.8) is 0 Å². The average Bonchev–Trinajstić information content (AvgIpc) is 2.57. The lowest BCUT2D eigenvalue weighted by molar-refractivity contribution is -0.139. The molecule has 1 unspecified atom stereocenters. The summed E-state index contributed by atoms with van der Waals surface area (Å²) in [4.78, 5) is 22.6. The molecule has 1 atom stereocenters. The van der Waals surface area contributed by atoms with Crippen LogP contribution < -0.4 is 5.01 Å². The first kappa shape index (κ1) is 13.1. The Morgan fingerprint density at radius 3 is 2.74 bits per heavy atom. The fraction of sp³-hybridized carbons (Fsp3) is 0.250. The topological polar surface area (TPSA) is 70.0 Å². The molecule has 0 radical (unpaired) electrons. The molecule has 1 heterocycles. The van der Waals surface area contributed by atoms with E-state index in [2.05, 4.69) is 5.10 Å². The van der Waals surface area contributed by atoms with Crippen LogP contribution in [0.1, 0.15) is 13.3 Å². The van der Waals surface area contributed by atoms with Crippen LogP contribution in [-0.4, -0.2) is 22.7 Å². The molecule has 2 rings (SSSR count). The number of hydrogen-bond donors (Lipinski definition) is 1. The molecular weight excluding hydrogens is 258 g/mol. The zero-order valence-electron chi connectivity index (χ0n) is 9.93. The summed E-state index contributed by atoms with van der Waals surface area (Å²) in [6.45, 7) is 1.49. The second-order valence-corrected chi connectivity index (χ2v) is 4.14. The van der Waals surface area contributed by atoms with E-state index in [-0.39, 0.29) is 11.4 Å². The van der Waals surface area contributed by atoms with E-state index in [9.17, 15) is 18.4 Å². The second kappa shape index (κ2) is 4.75. The number of anilines is 1.